The number of benzene rings is 2. The van der Waals surface area contributed by atoms with Gasteiger partial charge in [-0.3, -0.25) is 9.59 Å². The molecule has 27 heavy (non-hydrogen) atoms. The minimum atomic E-state index is -0.713. The third-order valence-electron chi connectivity index (χ3n) is 4.59. The van der Waals surface area contributed by atoms with Crippen molar-refractivity contribution in [3.63, 3.8) is 0 Å². The zero-order chi connectivity index (χ0) is 19.6. The minimum Gasteiger partial charge on any atom is -0.497 e. The van der Waals surface area contributed by atoms with Crippen LogP contribution in [-0.2, 0) is 22.7 Å². The fraction of sp³-hybridized carbons (Fsp3) is 0.300. The molecule has 1 saturated heterocycles. The van der Waals surface area contributed by atoms with Gasteiger partial charge in [0, 0.05) is 19.2 Å². The quantitative estimate of drug-likeness (QED) is 0.809. The number of amides is 2. The molecule has 1 atom stereocenters. The first-order valence-corrected chi connectivity index (χ1v) is 8.53. The first kappa shape index (κ1) is 18.8. The van der Waals surface area contributed by atoms with Gasteiger partial charge in [-0.1, -0.05) is 12.1 Å². The van der Waals surface area contributed by atoms with Crippen LogP contribution in [0.1, 0.15) is 18.1 Å². The van der Waals surface area contributed by atoms with E-state index in [-0.39, 0.29) is 24.9 Å². The lowest BCUT2D eigenvalue weighted by atomic mass is 10.1. The molecule has 2 aromatic carbocycles. The number of carbonyl (C=O) groups is 2. The number of hydrogen-bond donors (Lipinski definition) is 0. The van der Waals surface area contributed by atoms with Gasteiger partial charge >= 0.3 is 0 Å². The summed E-state index contributed by atoms with van der Waals surface area (Å²) in [6, 6.07) is 9.64. The summed E-state index contributed by atoms with van der Waals surface area (Å²) in [5, 5.41) is 0. The van der Waals surface area contributed by atoms with Gasteiger partial charge in [-0.25, -0.2) is 8.78 Å². The predicted molar refractivity (Wildman–Crippen MR) is 94.8 cm³/mol. The topological polar surface area (TPSA) is 49.9 Å². The number of nitrogens with zero attached hydrogens (tertiary/aromatic N) is 2. The summed E-state index contributed by atoms with van der Waals surface area (Å²) in [5.41, 5.74) is 1.19. The molecule has 0 N–H and O–H groups in total. The number of hydrogen-bond acceptors (Lipinski definition) is 3. The normalized spacial score (nSPS) is 17.4. The lowest BCUT2D eigenvalue weighted by Gasteiger charge is -2.38. The average Bonchev–Trinajstić information content (AvgIpc) is 2.63. The number of methoxy groups -OCH3 is 1. The number of halogens is 2. The molecule has 0 aromatic heterocycles. The van der Waals surface area contributed by atoms with Crippen LogP contribution in [0.3, 0.4) is 0 Å². The highest BCUT2D eigenvalue weighted by Gasteiger charge is 2.36. The van der Waals surface area contributed by atoms with Crippen molar-refractivity contribution in [1.29, 1.82) is 0 Å². The maximum Gasteiger partial charge on any atom is 0.245 e. The fourth-order valence-electron chi connectivity index (χ4n) is 3.15. The molecule has 1 aliphatic rings. The minimum absolute atomic E-state index is 0.0171. The second-order valence-electron chi connectivity index (χ2n) is 6.52. The van der Waals surface area contributed by atoms with E-state index in [4.69, 9.17) is 4.74 Å². The van der Waals surface area contributed by atoms with Crippen molar-refractivity contribution < 1.29 is 23.1 Å². The van der Waals surface area contributed by atoms with Crippen molar-refractivity contribution in [3.05, 3.63) is 65.2 Å². The van der Waals surface area contributed by atoms with Crippen LogP contribution < -0.4 is 4.74 Å². The molecule has 0 spiro atoms. The first-order valence-electron chi connectivity index (χ1n) is 8.53. The van der Waals surface area contributed by atoms with Crippen molar-refractivity contribution in [2.24, 2.45) is 0 Å². The van der Waals surface area contributed by atoms with Gasteiger partial charge in [0.15, 0.2) is 0 Å². The molecule has 1 fully saturated rings. The molecule has 142 valence electrons. The van der Waals surface area contributed by atoms with Crippen LogP contribution >= 0.6 is 0 Å². The van der Waals surface area contributed by atoms with Crippen LogP contribution in [0.4, 0.5) is 8.78 Å². The van der Waals surface area contributed by atoms with Crippen LogP contribution in [0.25, 0.3) is 0 Å². The Hall–Kier alpha value is -2.96. The van der Waals surface area contributed by atoms with E-state index in [9.17, 15) is 18.4 Å². The third-order valence-corrected chi connectivity index (χ3v) is 4.59. The van der Waals surface area contributed by atoms with Gasteiger partial charge in [-0.05, 0) is 42.3 Å². The van der Waals surface area contributed by atoms with Gasteiger partial charge in [0.2, 0.25) is 11.8 Å². The van der Waals surface area contributed by atoms with E-state index in [1.54, 1.807) is 26.2 Å². The summed E-state index contributed by atoms with van der Waals surface area (Å²) in [6.45, 7) is 1.83. The van der Waals surface area contributed by atoms with Gasteiger partial charge in [0.05, 0.1) is 7.11 Å². The van der Waals surface area contributed by atoms with Crippen molar-refractivity contribution in [1.82, 2.24) is 9.80 Å². The Kier molecular flexibility index (Phi) is 5.39. The Morgan fingerprint density at radius 3 is 2.22 bits per heavy atom. The van der Waals surface area contributed by atoms with E-state index < -0.39 is 17.7 Å². The molecule has 0 radical (unpaired) electrons. The Balaban J connectivity index is 1.71. The summed E-state index contributed by atoms with van der Waals surface area (Å²) < 4.78 is 31.9. The van der Waals surface area contributed by atoms with Crippen molar-refractivity contribution in [3.8, 4) is 5.75 Å². The van der Waals surface area contributed by atoms with E-state index >= 15 is 0 Å². The van der Waals surface area contributed by atoms with Crippen LogP contribution in [0.5, 0.6) is 5.75 Å². The molecule has 2 aromatic rings. The molecule has 0 bridgehead atoms. The van der Waals surface area contributed by atoms with E-state index in [1.807, 2.05) is 12.1 Å². The van der Waals surface area contributed by atoms with E-state index in [2.05, 4.69) is 0 Å². The molecule has 3 rings (SSSR count). The summed E-state index contributed by atoms with van der Waals surface area (Å²) in [7, 11) is 1.57. The predicted octanol–water partition coefficient (Wildman–Crippen LogP) is 2.73. The number of ether oxygens (including phenoxy) is 1. The lowest BCUT2D eigenvalue weighted by molar-refractivity contribution is -0.156. The molecule has 2 amide bonds. The van der Waals surface area contributed by atoms with Crippen molar-refractivity contribution >= 4 is 11.8 Å². The first-order chi connectivity index (χ1) is 12.9. The molecule has 1 aliphatic heterocycles. The Morgan fingerprint density at radius 1 is 1.00 bits per heavy atom. The highest BCUT2D eigenvalue weighted by Crippen LogP contribution is 2.20. The molecule has 1 heterocycles. The summed E-state index contributed by atoms with van der Waals surface area (Å²) in [6.07, 6.45) is 0. The monoisotopic (exact) mass is 374 g/mol. The molecule has 0 unspecified atom stereocenters. The van der Waals surface area contributed by atoms with Crippen LogP contribution in [0, 0.1) is 11.6 Å². The fourth-order valence-corrected chi connectivity index (χ4v) is 3.15. The zero-order valence-electron chi connectivity index (χ0n) is 15.1. The second-order valence-corrected chi connectivity index (χ2v) is 6.52. The standard InChI is InChI=1S/C20H20F2N2O3/c1-13-20(26)23(10-14-3-5-18(27-2)6-4-14)12-19(25)24(13)11-15-7-16(21)9-17(22)8-15/h3-9,13H,10-12H2,1-2H3/t13-/m0/s1. The van der Waals surface area contributed by atoms with Crippen molar-refractivity contribution in [2.45, 2.75) is 26.1 Å². The lowest BCUT2D eigenvalue weighted by Crippen LogP contribution is -2.58. The van der Waals surface area contributed by atoms with Crippen LogP contribution in [0.2, 0.25) is 0 Å². The Bertz CT molecular complexity index is 835. The molecule has 0 aliphatic carbocycles. The molecule has 5 nitrogen and oxygen atoms in total. The summed E-state index contributed by atoms with van der Waals surface area (Å²) >= 11 is 0. The third kappa shape index (κ3) is 4.24. The number of carbonyl (C=O) groups excluding carboxylic acids is 2. The van der Waals surface area contributed by atoms with Crippen LogP contribution in [0.15, 0.2) is 42.5 Å². The van der Waals surface area contributed by atoms with E-state index in [1.165, 1.54) is 9.80 Å². The smallest absolute Gasteiger partial charge is 0.245 e. The summed E-state index contributed by atoms with van der Waals surface area (Å²) in [4.78, 5) is 28.1. The van der Waals surface area contributed by atoms with Crippen LogP contribution in [-0.4, -0.2) is 41.3 Å². The molecular weight excluding hydrogens is 354 g/mol. The number of piperazine rings is 1. The second kappa shape index (κ2) is 7.73. The average molecular weight is 374 g/mol. The largest absolute Gasteiger partial charge is 0.497 e. The SMILES string of the molecule is COc1ccc(CN2CC(=O)N(Cc3cc(F)cc(F)c3)[C@@H](C)C2=O)cc1. The zero-order valence-corrected chi connectivity index (χ0v) is 15.1. The van der Waals surface area contributed by atoms with Crippen molar-refractivity contribution in [2.75, 3.05) is 13.7 Å². The Morgan fingerprint density at radius 2 is 1.63 bits per heavy atom. The Labute approximate surface area is 156 Å². The maximum absolute atomic E-state index is 13.4. The highest BCUT2D eigenvalue weighted by molar-refractivity contribution is 5.94. The van der Waals surface area contributed by atoms with Gasteiger partial charge < -0.3 is 14.5 Å². The molecule has 0 saturated carbocycles. The molecule has 7 heteroatoms. The van der Waals surface area contributed by atoms with E-state index in [0.29, 0.717) is 17.9 Å². The maximum atomic E-state index is 13.4. The van der Waals surface area contributed by atoms with Gasteiger partial charge in [-0.15, -0.1) is 0 Å². The van der Waals surface area contributed by atoms with Gasteiger partial charge in [0.1, 0.15) is 30.0 Å². The number of rotatable bonds is 5. The summed E-state index contributed by atoms with van der Waals surface area (Å²) in [5.74, 6) is -1.19. The molecular formula is C20H20F2N2O3. The van der Waals surface area contributed by atoms with Gasteiger partial charge in [0.25, 0.3) is 0 Å². The van der Waals surface area contributed by atoms with E-state index in [0.717, 1.165) is 23.8 Å². The highest BCUT2D eigenvalue weighted by atomic mass is 19.1. The van der Waals surface area contributed by atoms with Gasteiger partial charge in [-0.2, -0.15) is 0 Å².